The van der Waals surface area contributed by atoms with E-state index in [1.165, 1.54) is 48.4 Å². The van der Waals surface area contributed by atoms with Gasteiger partial charge in [0.2, 0.25) is 0 Å². The van der Waals surface area contributed by atoms with Gasteiger partial charge in [0.25, 0.3) is 0 Å². The molecule has 6 rings (SSSR count). The van der Waals surface area contributed by atoms with Crippen LogP contribution in [-0.2, 0) is 4.74 Å². The molecule has 4 fully saturated rings. The van der Waals surface area contributed by atoms with Crippen molar-refractivity contribution in [2.45, 2.75) is 37.7 Å². The van der Waals surface area contributed by atoms with Crippen molar-refractivity contribution >= 4 is 16.8 Å². The summed E-state index contributed by atoms with van der Waals surface area (Å²) in [4.78, 5) is 0. The molecule has 0 spiro atoms. The van der Waals surface area contributed by atoms with Crippen molar-refractivity contribution in [1.29, 1.82) is 0 Å². The van der Waals surface area contributed by atoms with Crippen molar-refractivity contribution in [2.24, 2.45) is 17.8 Å². The third-order valence-corrected chi connectivity index (χ3v) is 6.93. The van der Waals surface area contributed by atoms with Crippen LogP contribution in [0.25, 0.3) is 16.8 Å². The summed E-state index contributed by atoms with van der Waals surface area (Å²) in [6, 6.07) is 13.0. The van der Waals surface area contributed by atoms with Crippen molar-refractivity contribution in [1.82, 2.24) is 0 Å². The maximum atomic E-state index is 6.20. The molecular formula is C23H26O2. The molecule has 0 saturated heterocycles. The second-order valence-electron chi connectivity index (χ2n) is 8.28. The van der Waals surface area contributed by atoms with Crippen LogP contribution in [0.3, 0.4) is 0 Å². The number of methoxy groups -OCH3 is 2. The first-order chi connectivity index (χ1) is 12.2. The van der Waals surface area contributed by atoms with Gasteiger partial charge in [-0.25, -0.2) is 0 Å². The monoisotopic (exact) mass is 334 g/mol. The predicted octanol–water partition coefficient (Wildman–Crippen LogP) is 5.46. The average Bonchev–Trinajstić information content (AvgIpc) is 2.63. The fourth-order valence-corrected chi connectivity index (χ4v) is 6.02. The zero-order valence-corrected chi connectivity index (χ0v) is 15.1. The van der Waals surface area contributed by atoms with Crippen molar-refractivity contribution in [3.8, 4) is 5.75 Å². The molecule has 4 saturated carbocycles. The molecule has 2 heteroatoms. The maximum Gasteiger partial charge on any atom is 0.119 e. The van der Waals surface area contributed by atoms with E-state index in [0.717, 1.165) is 23.5 Å². The molecule has 4 bridgehead atoms. The highest BCUT2D eigenvalue weighted by molar-refractivity contribution is 5.92. The molecule has 0 aliphatic heterocycles. The van der Waals surface area contributed by atoms with Gasteiger partial charge >= 0.3 is 0 Å². The molecule has 0 amide bonds. The number of rotatable bonds is 3. The quantitative estimate of drug-likeness (QED) is 0.742. The predicted molar refractivity (Wildman–Crippen MR) is 102 cm³/mol. The lowest BCUT2D eigenvalue weighted by Gasteiger charge is -2.57. The Morgan fingerprint density at radius 3 is 2.52 bits per heavy atom. The van der Waals surface area contributed by atoms with E-state index in [2.05, 4.69) is 42.5 Å². The molecule has 0 heterocycles. The molecule has 130 valence electrons. The Bertz CT molecular complexity index is 836. The van der Waals surface area contributed by atoms with E-state index in [0.29, 0.717) is 0 Å². The Hall–Kier alpha value is -1.80. The Kier molecular flexibility index (Phi) is 3.46. The van der Waals surface area contributed by atoms with E-state index in [4.69, 9.17) is 9.47 Å². The third-order valence-electron chi connectivity index (χ3n) is 6.93. The lowest BCUT2D eigenvalue weighted by Crippen LogP contribution is -2.53. The van der Waals surface area contributed by atoms with Crippen LogP contribution in [0.4, 0.5) is 0 Å². The second kappa shape index (κ2) is 5.60. The zero-order valence-electron chi connectivity index (χ0n) is 15.1. The van der Waals surface area contributed by atoms with E-state index in [1.54, 1.807) is 12.7 Å². The smallest absolute Gasteiger partial charge is 0.119 e. The number of fused-ring (bicyclic) bond motifs is 1. The first kappa shape index (κ1) is 15.5. The first-order valence-corrected chi connectivity index (χ1v) is 9.55. The molecule has 2 nitrogen and oxygen atoms in total. The van der Waals surface area contributed by atoms with Crippen molar-refractivity contribution < 1.29 is 9.47 Å². The number of hydrogen-bond donors (Lipinski definition) is 0. The molecule has 2 unspecified atom stereocenters. The summed E-state index contributed by atoms with van der Waals surface area (Å²) in [6.45, 7) is 0. The highest BCUT2D eigenvalue weighted by atomic mass is 16.5. The SMILES string of the molecule is COc1ccc2c(C=C3C4CC5CC(C4)CC3(OC)C5)cccc2c1. The van der Waals surface area contributed by atoms with Gasteiger partial charge < -0.3 is 9.47 Å². The Morgan fingerprint density at radius 2 is 1.80 bits per heavy atom. The molecule has 25 heavy (non-hydrogen) atoms. The average molecular weight is 334 g/mol. The Labute approximate surface area is 149 Å². The molecule has 4 aliphatic rings. The standard InChI is InChI=1S/C23H26O2/c1-24-20-6-7-21-17(11-20)4-3-5-18(21)12-22-19-9-15-8-16(10-19)14-23(22,13-15)25-2/h3-7,11-12,15-16,19H,8-10,13-14H2,1-2H3. The van der Waals surface area contributed by atoms with E-state index < -0.39 is 0 Å². The normalized spacial score (nSPS) is 34.8. The molecule has 4 aliphatic carbocycles. The Morgan fingerprint density at radius 1 is 1.00 bits per heavy atom. The van der Waals surface area contributed by atoms with Crippen molar-refractivity contribution in [2.75, 3.05) is 14.2 Å². The van der Waals surface area contributed by atoms with Crippen LogP contribution >= 0.6 is 0 Å². The second-order valence-corrected chi connectivity index (χ2v) is 8.28. The van der Waals surface area contributed by atoms with E-state index in [-0.39, 0.29) is 5.60 Å². The molecule has 2 atom stereocenters. The molecule has 0 aromatic heterocycles. The molecule has 0 N–H and O–H groups in total. The topological polar surface area (TPSA) is 18.5 Å². The van der Waals surface area contributed by atoms with Crippen LogP contribution in [0.2, 0.25) is 0 Å². The van der Waals surface area contributed by atoms with Gasteiger partial charge in [-0.3, -0.25) is 0 Å². The van der Waals surface area contributed by atoms with Gasteiger partial charge in [0.05, 0.1) is 12.7 Å². The minimum absolute atomic E-state index is 0.00336. The lowest BCUT2D eigenvalue weighted by atomic mass is 9.52. The van der Waals surface area contributed by atoms with E-state index in [1.807, 2.05) is 7.11 Å². The summed E-state index contributed by atoms with van der Waals surface area (Å²) in [5, 5.41) is 2.54. The number of hydrogen-bond acceptors (Lipinski definition) is 2. The summed E-state index contributed by atoms with van der Waals surface area (Å²) in [6.07, 6.45) is 9.07. The van der Waals surface area contributed by atoms with Gasteiger partial charge in [0, 0.05) is 7.11 Å². The van der Waals surface area contributed by atoms with Crippen LogP contribution in [0.1, 0.15) is 37.7 Å². The molecular weight excluding hydrogens is 308 g/mol. The minimum atomic E-state index is 0.00336. The molecule has 2 aromatic rings. The van der Waals surface area contributed by atoms with Crippen molar-refractivity contribution in [3.05, 3.63) is 47.5 Å². The number of ether oxygens (including phenoxy) is 2. The van der Waals surface area contributed by atoms with Crippen LogP contribution in [0.5, 0.6) is 5.75 Å². The van der Waals surface area contributed by atoms with Gasteiger partial charge in [-0.2, -0.15) is 0 Å². The van der Waals surface area contributed by atoms with Gasteiger partial charge in [0.1, 0.15) is 5.75 Å². The third kappa shape index (κ3) is 2.34. The molecule has 2 aromatic carbocycles. The van der Waals surface area contributed by atoms with E-state index >= 15 is 0 Å². The van der Waals surface area contributed by atoms with Gasteiger partial charge in [-0.1, -0.05) is 30.3 Å². The largest absolute Gasteiger partial charge is 0.497 e. The summed E-state index contributed by atoms with van der Waals surface area (Å²) >= 11 is 0. The van der Waals surface area contributed by atoms with Crippen LogP contribution in [-0.4, -0.2) is 19.8 Å². The fraction of sp³-hybridized carbons (Fsp3) is 0.478. The van der Waals surface area contributed by atoms with Gasteiger partial charge in [-0.15, -0.1) is 0 Å². The number of benzene rings is 2. The maximum absolute atomic E-state index is 6.20. The van der Waals surface area contributed by atoms with Crippen LogP contribution < -0.4 is 4.74 Å². The van der Waals surface area contributed by atoms with Gasteiger partial charge in [0.15, 0.2) is 0 Å². The highest BCUT2D eigenvalue weighted by Gasteiger charge is 2.54. The molecule has 0 radical (unpaired) electrons. The van der Waals surface area contributed by atoms with Crippen LogP contribution in [0.15, 0.2) is 42.0 Å². The Balaban J connectivity index is 1.63. The van der Waals surface area contributed by atoms with E-state index in [9.17, 15) is 0 Å². The van der Waals surface area contributed by atoms with Gasteiger partial charge in [-0.05, 0) is 83.9 Å². The minimum Gasteiger partial charge on any atom is -0.497 e. The lowest BCUT2D eigenvalue weighted by molar-refractivity contribution is -0.0997. The highest BCUT2D eigenvalue weighted by Crippen LogP contribution is 2.60. The summed E-state index contributed by atoms with van der Waals surface area (Å²) in [5.41, 5.74) is 2.88. The fourth-order valence-electron chi connectivity index (χ4n) is 6.02. The first-order valence-electron chi connectivity index (χ1n) is 9.55. The summed E-state index contributed by atoms with van der Waals surface area (Å²) in [7, 11) is 3.65. The van der Waals surface area contributed by atoms with Crippen molar-refractivity contribution in [3.63, 3.8) is 0 Å². The zero-order chi connectivity index (χ0) is 17.0. The van der Waals surface area contributed by atoms with Crippen LogP contribution in [0, 0.1) is 17.8 Å². The summed E-state index contributed by atoms with van der Waals surface area (Å²) < 4.78 is 11.6. The summed E-state index contributed by atoms with van der Waals surface area (Å²) in [5.74, 6) is 3.40.